The number of hydrogen-bond donors (Lipinski definition) is 0. The molecule has 0 aromatic heterocycles. The Hall–Kier alpha value is -0.450. The summed E-state index contributed by atoms with van der Waals surface area (Å²) in [5.74, 6) is 0.749. The Morgan fingerprint density at radius 2 is 1.18 bits per heavy atom. The number of hydrogen-bond acceptors (Lipinski definition) is 4. The van der Waals surface area contributed by atoms with Crippen molar-refractivity contribution in [2.24, 2.45) is 16.8 Å². The predicted octanol–water partition coefficient (Wildman–Crippen LogP) is 9.35. The van der Waals surface area contributed by atoms with Crippen LogP contribution in [0.25, 0.3) is 0 Å². The van der Waals surface area contributed by atoms with Crippen LogP contribution in [0.4, 0.5) is 0 Å². The van der Waals surface area contributed by atoms with Crippen molar-refractivity contribution in [1.82, 2.24) is 0 Å². The highest BCUT2D eigenvalue weighted by atomic mass is 16.9. The molecule has 0 spiro atoms. The van der Waals surface area contributed by atoms with E-state index in [9.17, 15) is 0 Å². The molecule has 0 aromatic rings. The van der Waals surface area contributed by atoms with Gasteiger partial charge in [0.1, 0.15) is 0 Å². The Morgan fingerprint density at radius 3 is 1.68 bits per heavy atom. The minimum atomic E-state index is -0.831. The van der Waals surface area contributed by atoms with Gasteiger partial charge in [0.2, 0.25) is 0 Å². The standard InChI is InChI=1S/C30H61NO3/c1-8-12-18-21-29(23-25-31-28(7)26-27(5)6)22-19-16-14-13-15-17-20-24-30(32-9-2,33-10-3)34-11-4/h27,29H,8-26H2,1-7H3. The molecule has 0 radical (unpaired) electrons. The SMILES string of the molecule is CCCCCC(CCCCCCCCCC(OCC)(OCC)OCC)CCN=C(C)CC(C)C. The third-order valence-corrected chi connectivity index (χ3v) is 6.53. The Bertz CT molecular complexity index is 447. The van der Waals surface area contributed by atoms with E-state index in [1.165, 1.54) is 82.8 Å². The molecule has 0 aliphatic carbocycles. The molecule has 0 fully saturated rings. The highest BCUT2D eigenvalue weighted by Crippen LogP contribution is 2.25. The maximum absolute atomic E-state index is 5.83. The van der Waals surface area contributed by atoms with E-state index in [0.29, 0.717) is 25.7 Å². The van der Waals surface area contributed by atoms with E-state index in [-0.39, 0.29) is 0 Å². The number of unbranched alkanes of at least 4 members (excludes halogenated alkanes) is 8. The minimum absolute atomic E-state index is 0.614. The van der Waals surface area contributed by atoms with Crippen LogP contribution >= 0.6 is 0 Å². The lowest BCUT2D eigenvalue weighted by Crippen LogP contribution is -2.39. The number of ether oxygens (including phenoxy) is 3. The molecule has 4 nitrogen and oxygen atoms in total. The van der Waals surface area contributed by atoms with Gasteiger partial charge in [-0.2, -0.15) is 0 Å². The molecule has 0 N–H and O–H groups in total. The second-order valence-corrected chi connectivity index (χ2v) is 10.4. The van der Waals surface area contributed by atoms with Gasteiger partial charge in [-0.1, -0.05) is 91.4 Å². The highest BCUT2D eigenvalue weighted by molar-refractivity contribution is 5.82. The highest BCUT2D eigenvalue weighted by Gasteiger charge is 2.31. The molecular weight excluding hydrogens is 422 g/mol. The first-order chi connectivity index (χ1) is 16.4. The summed E-state index contributed by atoms with van der Waals surface area (Å²) < 4.78 is 17.5. The fourth-order valence-corrected chi connectivity index (χ4v) is 4.87. The van der Waals surface area contributed by atoms with Crippen LogP contribution in [0, 0.1) is 11.8 Å². The topological polar surface area (TPSA) is 40.0 Å². The van der Waals surface area contributed by atoms with Gasteiger partial charge in [-0.3, -0.25) is 4.99 Å². The fraction of sp³-hybridized carbons (Fsp3) is 0.967. The number of nitrogens with zero attached hydrogens (tertiary/aromatic N) is 1. The normalized spacial score (nSPS) is 13.7. The van der Waals surface area contributed by atoms with Crippen LogP contribution in [0.1, 0.15) is 145 Å². The van der Waals surface area contributed by atoms with Gasteiger partial charge in [0.25, 0.3) is 5.97 Å². The zero-order valence-corrected chi connectivity index (χ0v) is 24.3. The molecule has 0 saturated heterocycles. The summed E-state index contributed by atoms with van der Waals surface area (Å²) in [7, 11) is 0. The maximum Gasteiger partial charge on any atom is 0.282 e. The van der Waals surface area contributed by atoms with Crippen molar-refractivity contribution in [2.75, 3.05) is 26.4 Å². The van der Waals surface area contributed by atoms with Crippen LogP contribution in [0.15, 0.2) is 4.99 Å². The molecule has 0 heterocycles. The van der Waals surface area contributed by atoms with E-state index in [2.05, 4.69) is 27.7 Å². The molecule has 0 bridgehead atoms. The van der Waals surface area contributed by atoms with E-state index >= 15 is 0 Å². The molecule has 0 saturated carbocycles. The molecule has 0 rings (SSSR count). The van der Waals surface area contributed by atoms with Gasteiger partial charge >= 0.3 is 0 Å². The van der Waals surface area contributed by atoms with Gasteiger partial charge in [-0.15, -0.1) is 0 Å². The molecule has 204 valence electrons. The van der Waals surface area contributed by atoms with E-state index in [4.69, 9.17) is 19.2 Å². The molecule has 34 heavy (non-hydrogen) atoms. The van der Waals surface area contributed by atoms with Crippen molar-refractivity contribution < 1.29 is 14.2 Å². The van der Waals surface area contributed by atoms with E-state index in [1.54, 1.807) is 0 Å². The maximum atomic E-state index is 5.83. The van der Waals surface area contributed by atoms with Gasteiger partial charge < -0.3 is 14.2 Å². The molecule has 0 amide bonds. The third kappa shape index (κ3) is 18.8. The average molecular weight is 484 g/mol. The Morgan fingerprint density at radius 1 is 0.676 bits per heavy atom. The van der Waals surface area contributed by atoms with Gasteiger partial charge in [0, 0.05) is 38.5 Å². The second kappa shape index (κ2) is 23.0. The zero-order valence-electron chi connectivity index (χ0n) is 24.3. The summed E-state index contributed by atoms with van der Waals surface area (Å²) in [6, 6.07) is 0. The van der Waals surface area contributed by atoms with Gasteiger partial charge in [0.05, 0.1) is 0 Å². The van der Waals surface area contributed by atoms with Crippen molar-refractivity contribution in [3.05, 3.63) is 0 Å². The molecule has 0 aliphatic rings. The Kier molecular flexibility index (Phi) is 22.7. The summed E-state index contributed by atoms with van der Waals surface area (Å²) >= 11 is 0. The summed E-state index contributed by atoms with van der Waals surface area (Å²) in [6.07, 6.45) is 19.2. The molecule has 1 unspecified atom stereocenters. The fourth-order valence-electron chi connectivity index (χ4n) is 4.87. The lowest BCUT2D eigenvalue weighted by Gasteiger charge is -2.32. The largest absolute Gasteiger partial charge is 0.328 e. The van der Waals surface area contributed by atoms with E-state index in [1.807, 2.05) is 20.8 Å². The van der Waals surface area contributed by atoms with Crippen LogP contribution in [0.2, 0.25) is 0 Å². The van der Waals surface area contributed by atoms with Crippen LogP contribution in [-0.4, -0.2) is 38.1 Å². The smallest absolute Gasteiger partial charge is 0.282 e. The molecule has 4 heteroatoms. The molecular formula is C30H61NO3. The van der Waals surface area contributed by atoms with Crippen molar-refractivity contribution in [2.45, 2.75) is 151 Å². The van der Waals surface area contributed by atoms with Crippen molar-refractivity contribution in [1.29, 1.82) is 0 Å². The molecule has 1 atom stereocenters. The monoisotopic (exact) mass is 483 g/mol. The Labute approximate surface area is 214 Å². The molecule has 0 aromatic carbocycles. The first-order valence-electron chi connectivity index (χ1n) is 14.8. The van der Waals surface area contributed by atoms with Crippen LogP contribution in [0.3, 0.4) is 0 Å². The summed E-state index contributed by atoms with van der Waals surface area (Å²) in [4.78, 5) is 4.86. The zero-order chi connectivity index (χ0) is 25.5. The van der Waals surface area contributed by atoms with Gasteiger partial charge in [-0.05, 0) is 58.8 Å². The van der Waals surface area contributed by atoms with Crippen molar-refractivity contribution in [3.63, 3.8) is 0 Å². The van der Waals surface area contributed by atoms with Gasteiger partial charge in [0.15, 0.2) is 0 Å². The average Bonchev–Trinajstić information content (AvgIpc) is 2.77. The van der Waals surface area contributed by atoms with E-state index < -0.39 is 5.97 Å². The summed E-state index contributed by atoms with van der Waals surface area (Å²) in [5, 5.41) is 0. The second-order valence-electron chi connectivity index (χ2n) is 10.4. The minimum Gasteiger partial charge on any atom is -0.328 e. The summed E-state index contributed by atoms with van der Waals surface area (Å²) in [6.45, 7) is 17.9. The van der Waals surface area contributed by atoms with Crippen LogP contribution in [-0.2, 0) is 14.2 Å². The van der Waals surface area contributed by atoms with E-state index in [0.717, 1.165) is 31.7 Å². The van der Waals surface area contributed by atoms with Gasteiger partial charge in [-0.25, -0.2) is 0 Å². The lowest BCUT2D eigenvalue weighted by molar-refractivity contribution is -0.380. The number of aliphatic imine (C=N–C) groups is 1. The lowest BCUT2D eigenvalue weighted by atomic mass is 9.91. The molecule has 0 aliphatic heterocycles. The predicted molar refractivity (Wildman–Crippen MR) is 149 cm³/mol. The summed E-state index contributed by atoms with van der Waals surface area (Å²) in [5.41, 5.74) is 1.34. The van der Waals surface area contributed by atoms with Crippen LogP contribution in [0.5, 0.6) is 0 Å². The Balaban J connectivity index is 4.10. The first kappa shape index (κ1) is 33.5. The van der Waals surface area contributed by atoms with Crippen molar-refractivity contribution >= 4 is 5.71 Å². The van der Waals surface area contributed by atoms with Crippen LogP contribution < -0.4 is 0 Å². The number of rotatable bonds is 25. The van der Waals surface area contributed by atoms with Crippen molar-refractivity contribution in [3.8, 4) is 0 Å². The first-order valence-corrected chi connectivity index (χ1v) is 14.8. The third-order valence-electron chi connectivity index (χ3n) is 6.53. The quantitative estimate of drug-likeness (QED) is 0.0737.